The van der Waals surface area contributed by atoms with Gasteiger partial charge in [-0.2, -0.15) is 0 Å². The fraction of sp³-hybridized carbons (Fsp3) is 0.100. The molecular formula is C40H34N4O5S2. The van der Waals surface area contributed by atoms with Gasteiger partial charge in [0.05, 0.1) is 25.2 Å². The highest BCUT2D eigenvalue weighted by atomic mass is 32.2. The van der Waals surface area contributed by atoms with Crippen LogP contribution in [0.3, 0.4) is 0 Å². The standard InChI is InChI=1S/C40H34N4O5S2/c1-25(37(45)44-40-43-34(24-50-40)29-17-16-26-10-7-8-13-28(26)22-29)51-32-20-18-31(19-21-32)41-39(47)33(42-38(46)27-11-5-4-6-12-27)23-30-14-9-15-35(48-2)36(30)49-3/h4-25H,1-3H3,(H,41,47)(H,42,46)(H,43,44,45)/b33-23-. The number of rotatable bonds is 12. The Morgan fingerprint density at radius 2 is 1.55 bits per heavy atom. The molecule has 51 heavy (non-hydrogen) atoms. The predicted octanol–water partition coefficient (Wildman–Crippen LogP) is 8.51. The molecule has 3 N–H and O–H groups in total. The lowest BCUT2D eigenvalue weighted by Crippen LogP contribution is -2.30. The fourth-order valence-corrected chi connectivity index (χ4v) is 6.81. The zero-order valence-corrected chi connectivity index (χ0v) is 29.6. The number of hydrogen-bond acceptors (Lipinski definition) is 8. The third kappa shape index (κ3) is 8.64. The number of ether oxygens (including phenoxy) is 2. The minimum Gasteiger partial charge on any atom is -0.493 e. The maximum atomic E-state index is 13.6. The number of fused-ring (bicyclic) bond motifs is 1. The molecule has 0 aliphatic rings. The molecule has 0 saturated carbocycles. The van der Waals surface area contributed by atoms with Crippen LogP contribution in [0.15, 0.2) is 131 Å². The number of thioether (sulfide) groups is 1. The number of hydrogen-bond donors (Lipinski definition) is 3. The summed E-state index contributed by atoms with van der Waals surface area (Å²) in [5.74, 6) is -0.258. The maximum Gasteiger partial charge on any atom is 0.272 e. The molecule has 1 unspecified atom stereocenters. The summed E-state index contributed by atoms with van der Waals surface area (Å²) >= 11 is 2.76. The van der Waals surface area contributed by atoms with Gasteiger partial charge in [0.25, 0.3) is 11.8 Å². The highest BCUT2D eigenvalue weighted by molar-refractivity contribution is 8.00. The van der Waals surface area contributed by atoms with Gasteiger partial charge < -0.3 is 25.4 Å². The number of benzene rings is 5. The number of nitrogens with zero attached hydrogens (tertiary/aromatic N) is 1. The normalized spacial score (nSPS) is 11.8. The first-order valence-electron chi connectivity index (χ1n) is 15.9. The van der Waals surface area contributed by atoms with Crippen molar-refractivity contribution in [2.75, 3.05) is 24.9 Å². The zero-order valence-electron chi connectivity index (χ0n) is 28.0. The Morgan fingerprint density at radius 1 is 0.804 bits per heavy atom. The van der Waals surface area contributed by atoms with Crippen LogP contribution >= 0.6 is 23.1 Å². The molecule has 0 saturated heterocycles. The van der Waals surface area contributed by atoms with Gasteiger partial charge >= 0.3 is 0 Å². The molecule has 9 nitrogen and oxygen atoms in total. The monoisotopic (exact) mass is 714 g/mol. The number of anilines is 2. The van der Waals surface area contributed by atoms with Gasteiger partial charge in [-0.15, -0.1) is 23.1 Å². The Kier molecular flexibility index (Phi) is 11.1. The summed E-state index contributed by atoms with van der Waals surface area (Å²) in [4.78, 5) is 45.2. The van der Waals surface area contributed by atoms with Gasteiger partial charge in [-0.1, -0.05) is 66.7 Å². The molecule has 6 aromatic rings. The average Bonchev–Trinajstić information content (AvgIpc) is 3.63. The molecule has 3 amide bonds. The van der Waals surface area contributed by atoms with Crippen molar-refractivity contribution in [3.05, 3.63) is 137 Å². The summed E-state index contributed by atoms with van der Waals surface area (Å²) in [6.45, 7) is 1.83. The first-order chi connectivity index (χ1) is 24.8. The third-order valence-corrected chi connectivity index (χ3v) is 9.71. The van der Waals surface area contributed by atoms with Crippen molar-refractivity contribution in [1.82, 2.24) is 10.3 Å². The minimum absolute atomic E-state index is 0.00473. The topological polar surface area (TPSA) is 119 Å². The lowest BCUT2D eigenvalue weighted by atomic mass is 10.1. The molecule has 11 heteroatoms. The smallest absolute Gasteiger partial charge is 0.272 e. The molecule has 0 bridgehead atoms. The van der Waals surface area contributed by atoms with Crippen LogP contribution in [0, 0.1) is 0 Å². The molecule has 5 aromatic carbocycles. The Labute approximate surface area is 303 Å². The van der Waals surface area contributed by atoms with Crippen molar-refractivity contribution in [2.45, 2.75) is 17.1 Å². The lowest BCUT2D eigenvalue weighted by Gasteiger charge is -2.14. The van der Waals surface area contributed by atoms with Crippen molar-refractivity contribution in [2.24, 2.45) is 0 Å². The van der Waals surface area contributed by atoms with Crippen LogP contribution < -0.4 is 25.4 Å². The van der Waals surface area contributed by atoms with E-state index in [4.69, 9.17) is 9.47 Å². The summed E-state index contributed by atoms with van der Waals surface area (Å²) in [6, 6.07) is 35.3. The highest BCUT2D eigenvalue weighted by Gasteiger charge is 2.19. The summed E-state index contributed by atoms with van der Waals surface area (Å²) in [6.07, 6.45) is 1.54. The number of carbonyl (C=O) groups is 3. The molecule has 0 spiro atoms. The van der Waals surface area contributed by atoms with E-state index in [2.05, 4.69) is 45.2 Å². The molecule has 0 aliphatic heterocycles. The predicted molar refractivity (Wildman–Crippen MR) is 206 cm³/mol. The van der Waals surface area contributed by atoms with E-state index in [9.17, 15) is 14.4 Å². The van der Waals surface area contributed by atoms with E-state index in [0.717, 1.165) is 26.9 Å². The number of methoxy groups -OCH3 is 2. The number of aromatic nitrogens is 1. The van der Waals surface area contributed by atoms with Crippen LogP contribution in [0.4, 0.5) is 10.8 Å². The van der Waals surface area contributed by atoms with Crippen LogP contribution in [-0.2, 0) is 9.59 Å². The first kappa shape index (κ1) is 34.9. The van der Waals surface area contributed by atoms with Gasteiger partial charge in [0.15, 0.2) is 16.6 Å². The van der Waals surface area contributed by atoms with Crippen molar-refractivity contribution >= 4 is 68.5 Å². The van der Waals surface area contributed by atoms with E-state index < -0.39 is 17.1 Å². The van der Waals surface area contributed by atoms with E-state index in [1.807, 2.05) is 42.6 Å². The van der Waals surface area contributed by atoms with Crippen molar-refractivity contribution in [3.8, 4) is 22.8 Å². The summed E-state index contributed by atoms with van der Waals surface area (Å²) in [5, 5.41) is 12.9. The summed E-state index contributed by atoms with van der Waals surface area (Å²) in [5.41, 5.74) is 3.24. The molecule has 6 rings (SSSR count). The molecule has 1 aromatic heterocycles. The number of carbonyl (C=O) groups excluding carboxylic acids is 3. The number of nitrogens with one attached hydrogen (secondary N) is 3. The Morgan fingerprint density at radius 3 is 2.29 bits per heavy atom. The van der Waals surface area contributed by atoms with Crippen LogP contribution in [-0.4, -0.2) is 42.2 Å². The fourth-order valence-electron chi connectivity index (χ4n) is 5.22. The van der Waals surface area contributed by atoms with Gasteiger partial charge in [0.2, 0.25) is 5.91 Å². The van der Waals surface area contributed by atoms with Gasteiger partial charge in [0.1, 0.15) is 5.70 Å². The number of para-hydroxylation sites is 1. The van der Waals surface area contributed by atoms with Gasteiger partial charge in [-0.3, -0.25) is 14.4 Å². The SMILES string of the molecule is COc1cccc(/C=C(\NC(=O)c2ccccc2)C(=O)Nc2ccc(SC(C)C(=O)Nc3nc(-c4ccc5ccccc5c4)cs3)cc2)c1OC. The van der Waals surface area contributed by atoms with Crippen LogP contribution in [0.1, 0.15) is 22.8 Å². The van der Waals surface area contributed by atoms with Crippen molar-refractivity contribution in [1.29, 1.82) is 0 Å². The van der Waals surface area contributed by atoms with Gasteiger partial charge in [0, 0.05) is 32.7 Å². The maximum absolute atomic E-state index is 13.6. The van der Waals surface area contributed by atoms with Gasteiger partial charge in [-0.25, -0.2) is 4.98 Å². The van der Waals surface area contributed by atoms with E-state index in [-0.39, 0.29) is 11.6 Å². The van der Waals surface area contributed by atoms with E-state index in [1.54, 1.807) is 60.7 Å². The average molecular weight is 715 g/mol. The molecular weight excluding hydrogens is 681 g/mol. The van der Waals surface area contributed by atoms with E-state index in [1.165, 1.54) is 43.4 Å². The first-order valence-corrected chi connectivity index (χ1v) is 17.7. The number of thiazole rings is 1. The van der Waals surface area contributed by atoms with Crippen molar-refractivity contribution < 1.29 is 23.9 Å². The van der Waals surface area contributed by atoms with Crippen LogP contribution in [0.2, 0.25) is 0 Å². The Bertz CT molecular complexity index is 2220. The summed E-state index contributed by atoms with van der Waals surface area (Å²) < 4.78 is 10.9. The quantitative estimate of drug-likeness (QED) is 0.0859. The minimum atomic E-state index is -0.538. The lowest BCUT2D eigenvalue weighted by molar-refractivity contribution is -0.115. The summed E-state index contributed by atoms with van der Waals surface area (Å²) in [7, 11) is 3.03. The highest BCUT2D eigenvalue weighted by Crippen LogP contribution is 2.33. The number of amides is 3. The molecule has 1 heterocycles. The molecule has 0 aliphatic carbocycles. The second-order valence-corrected chi connectivity index (χ2v) is 13.6. The van der Waals surface area contributed by atoms with Crippen molar-refractivity contribution in [3.63, 3.8) is 0 Å². The largest absolute Gasteiger partial charge is 0.493 e. The van der Waals surface area contributed by atoms with E-state index >= 15 is 0 Å². The molecule has 256 valence electrons. The third-order valence-electron chi connectivity index (χ3n) is 7.84. The molecule has 0 radical (unpaired) electrons. The van der Waals surface area contributed by atoms with E-state index in [0.29, 0.717) is 33.4 Å². The Balaban J connectivity index is 1.11. The second kappa shape index (κ2) is 16.2. The zero-order chi connectivity index (χ0) is 35.7. The van der Waals surface area contributed by atoms with Gasteiger partial charge in [-0.05, 0) is 72.3 Å². The van der Waals surface area contributed by atoms with Crippen LogP contribution in [0.5, 0.6) is 11.5 Å². The molecule has 1 atom stereocenters. The second-order valence-electron chi connectivity index (χ2n) is 11.3. The Hall–Kier alpha value is -5.91. The van der Waals surface area contributed by atoms with Crippen LogP contribution in [0.25, 0.3) is 28.1 Å². The molecule has 0 fully saturated rings.